The van der Waals surface area contributed by atoms with Crippen LogP contribution in [0, 0.1) is 0 Å². The molecule has 14 heteroatoms. The Balaban J connectivity index is 0.000000228. The molecule has 0 saturated carbocycles. The van der Waals surface area contributed by atoms with Gasteiger partial charge in [-0.15, -0.1) is 0 Å². The zero-order chi connectivity index (χ0) is 39.6. The number of rotatable bonds is 14. The molecular formula is C41H41O11PS2. The van der Waals surface area contributed by atoms with Crippen LogP contribution in [0.5, 0.6) is 0 Å². The number of carbonyl (C=O) groups is 2. The summed E-state index contributed by atoms with van der Waals surface area (Å²) >= 11 is 0. The molecule has 2 aliphatic rings. The number of cyclic esters (lactones) is 2. The molecule has 0 atom stereocenters. The minimum absolute atomic E-state index is 0.00752. The summed E-state index contributed by atoms with van der Waals surface area (Å²) in [6.07, 6.45) is 4.14. The predicted octanol–water partition coefficient (Wildman–Crippen LogP) is 7.31. The number of hydrogen-bond acceptors (Lipinski definition) is 11. The maximum absolute atomic E-state index is 12.7. The van der Waals surface area contributed by atoms with Gasteiger partial charge in [-0.25, -0.2) is 26.4 Å². The molecule has 55 heavy (non-hydrogen) atoms. The third kappa shape index (κ3) is 10.4. The number of esters is 2. The Morgan fingerprint density at radius 1 is 0.600 bits per heavy atom. The molecule has 0 fully saturated rings. The molecule has 0 N–H and O–H groups in total. The second-order valence-corrected chi connectivity index (χ2v) is 18.4. The number of carbonyl (C=O) groups excluding carboxylic acids is 2. The highest BCUT2D eigenvalue weighted by Crippen LogP contribution is 2.48. The van der Waals surface area contributed by atoms with Gasteiger partial charge >= 0.3 is 19.5 Å². The number of sulfone groups is 2. The van der Waals surface area contributed by atoms with Gasteiger partial charge in [-0.2, -0.15) is 0 Å². The van der Waals surface area contributed by atoms with E-state index in [0.29, 0.717) is 11.1 Å². The number of hydrogen-bond donors (Lipinski definition) is 0. The Hall–Kier alpha value is -4.91. The Morgan fingerprint density at radius 3 is 1.42 bits per heavy atom. The largest absolute Gasteiger partial charge is 0.457 e. The van der Waals surface area contributed by atoms with Gasteiger partial charge in [0.05, 0.1) is 46.1 Å². The van der Waals surface area contributed by atoms with Crippen molar-refractivity contribution in [1.82, 2.24) is 0 Å². The first-order valence-corrected chi connectivity index (χ1v) is 22.6. The van der Waals surface area contributed by atoms with Crippen molar-refractivity contribution in [3.8, 4) is 0 Å². The van der Waals surface area contributed by atoms with E-state index in [9.17, 15) is 31.0 Å². The number of ether oxygens (including phenoxy) is 2. The molecule has 0 aliphatic carbocycles. The number of benzene rings is 4. The molecule has 11 nitrogen and oxygen atoms in total. The van der Waals surface area contributed by atoms with Gasteiger partial charge in [0.2, 0.25) is 0 Å². The first kappa shape index (κ1) is 41.3. The van der Waals surface area contributed by atoms with E-state index in [1.165, 1.54) is 30.5 Å². The molecule has 0 saturated heterocycles. The topological polar surface area (TPSA) is 156 Å². The maximum Gasteiger partial charge on any atom is 0.339 e. The van der Waals surface area contributed by atoms with E-state index < -0.39 is 33.2 Å². The summed E-state index contributed by atoms with van der Waals surface area (Å²) in [5, 5.41) is 0. The summed E-state index contributed by atoms with van der Waals surface area (Å²) in [6.45, 7) is 4.26. The molecule has 6 rings (SSSR count). The molecule has 0 bridgehead atoms. The van der Waals surface area contributed by atoms with E-state index in [2.05, 4.69) is 0 Å². The quantitative estimate of drug-likeness (QED) is 0.0716. The van der Waals surface area contributed by atoms with Gasteiger partial charge in [0.1, 0.15) is 13.2 Å². The SMILES string of the molecule is CCOP(=O)(C/C=C/CS(=O)(=O)c1ccc(C2=C(c3ccccc3)C(=O)OC2)cc1)OCC.CS(=O)(=O)c1ccc(C2=C(c3ccccc3)C(=O)OC2)cc1. The monoisotopic (exact) mass is 804 g/mol. The van der Waals surface area contributed by atoms with Crippen LogP contribution in [0.1, 0.15) is 36.1 Å². The van der Waals surface area contributed by atoms with Gasteiger partial charge in [-0.3, -0.25) is 4.57 Å². The van der Waals surface area contributed by atoms with Crippen molar-refractivity contribution in [1.29, 1.82) is 0 Å². The van der Waals surface area contributed by atoms with Gasteiger partial charge in [0.25, 0.3) is 0 Å². The molecule has 4 aromatic carbocycles. The molecular weight excluding hydrogens is 764 g/mol. The predicted molar refractivity (Wildman–Crippen MR) is 211 cm³/mol. The molecule has 0 spiro atoms. The summed E-state index contributed by atoms with van der Waals surface area (Å²) in [4.78, 5) is 24.7. The average molecular weight is 805 g/mol. The third-order valence-electron chi connectivity index (χ3n) is 8.49. The Kier molecular flexibility index (Phi) is 13.6. The van der Waals surface area contributed by atoms with Crippen LogP contribution >= 0.6 is 7.60 Å². The highest BCUT2D eigenvalue weighted by Gasteiger charge is 2.29. The van der Waals surface area contributed by atoms with Crippen LogP contribution in [0.25, 0.3) is 22.3 Å². The Morgan fingerprint density at radius 2 is 1.02 bits per heavy atom. The minimum Gasteiger partial charge on any atom is -0.457 e. The molecule has 2 heterocycles. The van der Waals surface area contributed by atoms with Crippen molar-refractivity contribution < 1.29 is 49.5 Å². The summed E-state index contributed by atoms with van der Waals surface area (Å²) < 4.78 is 81.6. The van der Waals surface area contributed by atoms with E-state index >= 15 is 0 Å². The minimum atomic E-state index is -3.59. The number of allylic oxidation sites excluding steroid dienone is 1. The summed E-state index contributed by atoms with van der Waals surface area (Å²) in [5.74, 6) is -0.993. The van der Waals surface area contributed by atoms with Crippen molar-refractivity contribution in [2.75, 3.05) is 44.6 Å². The van der Waals surface area contributed by atoms with Crippen LogP contribution in [-0.4, -0.2) is 73.4 Å². The molecule has 2 aliphatic heterocycles. The highest BCUT2D eigenvalue weighted by molar-refractivity contribution is 7.91. The van der Waals surface area contributed by atoms with Crippen LogP contribution in [0.4, 0.5) is 0 Å². The molecule has 0 aromatic heterocycles. The average Bonchev–Trinajstić information content (AvgIpc) is 3.76. The van der Waals surface area contributed by atoms with Crippen molar-refractivity contribution in [3.63, 3.8) is 0 Å². The Bertz CT molecular complexity index is 2360. The summed E-state index contributed by atoms with van der Waals surface area (Å²) in [6, 6.07) is 31.4. The van der Waals surface area contributed by atoms with Crippen LogP contribution in [-0.2, 0) is 52.3 Å². The van der Waals surface area contributed by atoms with Crippen LogP contribution in [0.3, 0.4) is 0 Å². The van der Waals surface area contributed by atoms with E-state index in [4.69, 9.17) is 18.5 Å². The molecule has 0 radical (unpaired) electrons. The van der Waals surface area contributed by atoms with Crippen molar-refractivity contribution in [2.45, 2.75) is 23.6 Å². The molecule has 4 aromatic rings. The second-order valence-electron chi connectivity index (χ2n) is 12.3. The van der Waals surface area contributed by atoms with E-state index in [1.54, 1.807) is 50.2 Å². The van der Waals surface area contributed by atoms with Gasteiger partial charge < -0.3 is 18.5 Å². The molecule has 0 unspecified atom stereocenters. The van der Waals surface area contributed by atoms with Crippen molar-refractivity contribution in [2.24, 2.45) is 0 Å². The summed E-state index contributed by atoms with van der Waals surface area (Å²) in [5.41, 5.74) is 5.59. The standard InChI is InChI=1S/C24H27O7PS.C17H14O4S/c1-3-30-32(26,31-4-2)16-8-9-17-33(27,28)21-14-12-19(13-15-21)22-18-29-24(25)23(22)20-10-6-5-7-11-20;1-22(19,20)14-9-7-12(8-10-14)15-11-21-17(18)16(15)13-5-3-2-4-6-13/h5-15H,3-4,16-18H2,1-2H3;2-10H,11H2,1H3/b9-8+;. The second kappa shape index (κ2) is 18.1. The lowest BCUT2D eigenvalue weighted by Crippen LogP contribution is -2.05. The first-order valence-electron chi connectivity index (χ1n) is 17.3. The van der Waals surface area contributed by atoms with Gasteiger partial charge in [0.15, 0.2) is 19.7 Å². The molecule has 288 valence electrons. The Labute approximate surface area is 321 Å². The zero-order valence-electron chi connectivity index (χ0n) is 30.5. The van der Waals surface area contributed by atoms with Crippen molar-refractivity contribution >= 4 is 61.5 Å². The van der Waals surface area contributed by atoms with Crippen LogP contribution in [0.15, 0.2) is 131 Å². The maximum atomic E-state index is 12.7. The highest BCUT2D eigenvalue weighted by atomic mass is 32.2. The van der Waals surface area contributed by atoms with Gasteiger partial charge in [-0.05, 0) is 60.4 Å². The first-order chi connectivity index (χ1) is 26.3. The lowest BCUT2D eigenvalue weighted by Gasteiger charge is -2.14. The van der Waals surface area contributed by atoms with E-state index in [-0.39, 0.29) is 54.1 Å². The van der Waals surface area contributed by atoms with Crippen molar-refractivity contribution in [3.05, 3.63) is 144 Å². The normalized spacial score (nSPS) is 14.9. The van der Waals surface area contributed by atoms with E-state index in [1.807, 2.05) is 60.7 Å². The molecule has 0 amide bonds. The summed E-state index contributed by atoms with van der Waals surface area (Å²) in [7, 11) is -10.1. The fraction of sp³-hybridized carbons (Fsp3) is 0.220. The fourth-order valence-corrected chi connectivity index (χ4v) is 9.10. The lowest BCUT2D eigenvalue weighted by atomic mass is 9.97. The van der Waals surface area contributed by atoms with Gasteiger partial charge in [0, 0.05) is 17.4 Å². The van der Waals surface area contributed by atoms with Crippen LogP contribution < -0.4 is 0 Å². The third-order valence-corrected chi connectivity index (χ3v) is 13.2. The van der Waals surface area contributed by atoms with Crippen LogP contribution in [0.2, 0.25) is 0 Å². The smallest absolute Gasteiger partial charge is 0.339 e. The lowest BCUT2D eigenvalue weighted by molar-refractivity contribution is -0.134. The van der Waals surface area contributed by atoms with Gasteiger partial charge in [-0.1, -0.05) is 97.1 Å². The van der Waals surface area contributed by atoms with E-state index in [0.717, 1.165) is 33.4 Å². The fourth-order valence-electron chi connectivity index (χ4n) is 5.86. The zero-order valence-corrected chi connectivity index (χ0v) is 33.1.